The molecule has 1 aromatic heterocycles. The van der Waals surface area contributed by atoms with Crippen LogP contribution in [0.25, 0.3) is 5.69 Å². The summed E-state index contributed by atoms with van der Waals surface area (Å²) in [5, 5.41) is 8.18. The van der Waals surface area contributed by atoms with Gasteiger partial charge in [0.25, 0.3) is 0 Å². The van der Waals surface area contributed by atoms with Crippen LogP contribution in [0.5, 0.6) is 0 Å². The molecule has 0 amide bonds. The standard InChI is InChI=1S/C17H22BrN3/c1-3-8-19-10-14-11-20-21(17(14)13-4-5-13)16-7-6-15(18)9-12(16)2/h6-7,9,11,13,19H,3-5,8,10H2,1-2H3. The fraction of sp³-hybridized carbons (Fsp3) is 0.471. The molecule has 1 N–H and O–H groups in total. The zero-order valence-corrected chi connectivity index (χ0v) is 14.3. The van der Waals surface area contributed by atoms with Gasteiger partial charge in [-0.3, -0.25) is 0 Å². The van der Waals surface area contributed by atoms with E-state index in [1.165, 1.54) is 41.8 Å². The second-order valence-electron chi connectivity index (χ2n) is 5.85. The highest BCUT2D eigenvalue weighted by Gasteiger charge is 2.30. The average Bonchev–Trinajstić information content (AvgIpc) is 3.21. The lowest BCUT2D eigenvalue weighted by molar-refractivity contribution is 0.669. The molecule has 1 aliphatic carbocycles. The van der Waals surface area contributed by atoms with Crippen molar-refractivity contribution in [3.8, 4) is 5.69 Å². The number of aromatic nitrogens is 2. The van der Waals surface area contributed by atoms with Crippen molar-refractivity contribution in [3.05, 3.63) is 45.7 Å². The van der Waals surface area contributed by atoms with Crippen LogP contribution in [0.2, 0.25) is 0 Å². The molecule has 21 heavy (non-hydrogen) atoms. The van der Waals surface area contributed by atoms with Gasteiger partial charge in [0, 0.05) is 22.5 Å². The molecule has 3 rings (SSSR count). The molecule has 2 aromatic rings. The van der Waals surface area contributed by atoms with Gasteiger partial charge in [0.2, 0.25) is 0 Å². The van der Waals surface area contributed by atoms with Gasteiger partial charge in [0.1, 0.15) is 0 Å². The topological polar surface area (TPSA) is 29.9 Å². The van der Waals surface area contributed by atoms with Crippen molar-refractivity contribution in [2.24, 2.45) is 0 Å². The van der Waals surface area contributed by atoms with E-state index >= 15 is 0 Å². The van der Waals surface area contributed by atoms with E-state index < -0.39 is 0 Å². The summed E-state index contributed by atoms with van der Waals surface area (Å²) < 4.78 is 3.27. The Morgan fingerprint density at radius 1 is 1.38 bits per heavy atom. The van der Waals surface area contributed by atoms with Gasteiger partial charge in [-0.05, 0) is 56.5 Å². The molecule has 0 bridgehead atoms. The fourth-order valence-corrected chi connectivity index (χ4v) is 3.24. The molecule has 1 heterocycles. The Hall–Kier alpha value is -1.13. The summed E-state index contributed by atoms with van der Waals surface area (Å²) in [7, 11) is 0. The minimum absolute atomic E-state index is 0.689. The van der Waals surface area contributed by atoms with E-state index in [-0.39, 0.29) is 0 Å². The maximum Gasteiger partial charge on any atom is 0.0678 e. The van der Waals surface area contributed by atoms with Crippen LogP contribution < -0.4 is 5.32 Å². The average molecular weight is 348 g/mol. The van der Waals surface area contributed by atoms with E-state index in [9.17, 15) is 0 Å². The summed E-state index contributed by atoms with van der Waals surface area (Å²) in [5.41, 5.74) is 5.21. The highest BCUT2D eigenvalue weighted by atomic mass is 79.9. The van der Waals surface area contributed by atoms with Gasteiger partial charge in [-0.1, -0.05) is 22.9 Å². The molecule has 0 saturated heterocycles. The zero-order chi connectivity index (χ0) is 14.8. The van der Waals surface area contributed by atoms with Crippen LogP contribution in [0.3, 0.4) is 0 Å². The maximum absolute atomic E-state index is 4.68. The predicted molar refractivity (Wildman–Crippen MR) is 90.0 cm³/mol. The van der Waals surface area contributed by atoms with Gasteiger partial charge >= 0.3 is 0 Å². The molecule has 1 saturated carbocycles. The number of aryl methyl sites for hydroxylation is 1. The van der Waals surface area contributed by atoms with Gasteiger partial charge in [-0.15, -0.1) is 0 Å². The molecule has 0 spiro atoms. The Kier molecular flexibility index (Phi) is 4.45. The monoisotopic (exact) mass is 347 g/mol. The molecule has 0 unspecified atom stereocenters. The van der Waals surface area contributed by atoms with E-state index in [2.05, 4.69) is 63.1 Å². The third-order valence-electron chi connectivity index (χ3n) is 3.98. The van der Waals surface area contributed by atoms with Gasteiger partial charge < -0.3 is 5.32 Å². The summed E-state index contributed by atoms with van der Waals surface area (Å²) in [6.45, 7) is 6.33. The Labute approximate surface area is 134 Å². The lowest BCUT2D eigenvalue weighted by Gasteiger charge is -2.12. The minimum Gasteiger partial charge on any atom is -0.313 e. The fourth-order valence-electron chi connectivity index (χ4n) is 2.77. The molecule has 0 atom stereocenters. The van der Waals surface area contributed by atoms with Crippen LogP contribution in [0.15, 0.2) is 28.9 Å². The minimum atomic E-state index is 0.689. The lowest BCUT2D eigenvalue weighted by Crippen LogP contribution is -2.15. The number of rotatable bonds is 6. The first-order chi connectivity index (χ1) is 10.2. The van der Waals surface area contributed by atoms with Crippen LogP contribution in [-0.4, -0.2) is 16.3 Å². The Balaban J connectivity index is 1.94. The van der Waals surface area contributed by atoms with Gasteiger partial charge in [0.05, 0.1) is 17.6 Å². The Morgan fingerprint density at radius 3 is 2.86 bits per heavy atom. The van der Waals surface area contributed by atoms with Crippen molar-refractivity contribution in [1.82, 2.24) is 15.1 Å². The molecule has 112 valence electrons. The molecule has 0 aliphatic heterocycles. The van der Waals surface area contributed by atoms with Crippen LogP contribution in [0.4, 0.5) is 0 Å². The van der Waals surface area contributed by atoms with Crippen molar-refractivity contribution in [2.75, 3.05) is 6.54 Å². The van der Waals surface area contributed by atoms with Crippen molar-refractivity contribution in [3.63, 3.8) is 0 Å². The molecule has 1 aromatic carbocycles. The Bertz CT molecular complexity index is 629. The molecule has 1 fully saturated rings. The number of nitrogens with one attached hydrogen (secondary N) is 1. The first-order valence-electron chi connectivity index (χ1n) is 7.74. The highest BCUT2D eigenvalue weighted by Crippen LogP contribution is 2.42. The molecule has 4 heteroatoms. The highest BCUT2D eigenvalue weighted by molar-refractivity contribution is 9.10. The molecular formula is C17H22BrN3. The molecular weight excluding hydrogens is 326 g/mol. The van der Waals surface area contributed by atoms with Crippen molar-refractivity contribution < 1.29 is 0 Å². The number of halogens is 1. The molecule has 0 radical (unpaired) electrons. The lowest BCUT2D eigenvalue weighted by atomic mass is 10.1. The Morgan fingerprint density at radius 2 is 2.19 bits per heavy atom. The van der Waals surface area contributed by atoms with E-state index in [1.807, 2.05) is 6.20 Å². The maximum atomic E-state index is 4.68. The number of hydrogen-bond acceptors (Lipinski definition) is 2. The van der Waals surface area contributed by atoms with Crippen LogP contribution in [0.1, 0.15) is 48.9 Å². The quantitative estimate of drug-likeness (QED) is 0.788. The summed E-state index contributed by atoms with van der Waals surface area (Å²) in [6, 6.07) is 6.40. The second kappa shape index (κ2) is 6.32. The number of nitrogens with zero attached hydrogens (tertiary/aromatic N) is 2. The third-order valence-corrected chi connectivity index (χ3v) is 4.47. The van der Waals surface area contributed by atoms with Crippen LogP contribution in [0, 0.1) is 6.92 Å². The summed E-state index contributed by atoms with van der Waals surface area (Å²) in [6.07, 6.45) is 5.79. The third kappa shape index (κ3) is 3.22. The smallest absolute Gasteiger partial charge is 0.0678 e. The number of benzene rings is 1. The van der Waals surface area contributed by atoms with Gasteiger partial charge in [0.15, 0.2) is 0 Å². The molecule has 1 aliphatic rings. The first-order valence-corrected chi connectivity index (χ1v) is 8.54. The second-order valence-corrected chi connectivity index (χ2v) is 6.76. The summed E-state index contributed by atoms with van der Waals surface area (Å²) in [4.78, 5) is 0. The van der Waals surface area contributed by atoms with E-state index in [1.54, 1.807) is 0 Å². The van der Waals surface area contributed by atoms with Gasteiger partial charge in [-0.2, -0.15) is 5.10 Å². The predicted octanol–water partition coefficient (Wildman–Crippen LogP) is 4.32. The molecule has 3 nitrogen and oxygen atoms in total. The SMILES string of the molecule is CCCNCc1cnn(-c2ccc(Br)cc2C)c1C1CC1. The summed E-state index contributed by atoms with van der Waals surface area (Å²) >= 11 is 3.54. The van der Waals surface area contributed by atoms with Crippen molar-refractivity contribution in [1.29, 1.82) is 0 Å². The van der Waals surface area contributed by atoms with Crippen molar-refractivity contribution >= 4 is 15.9 Å². The van der Waals surface area contributed by atoms with E-state index in [4.69, 9.17) is 0 Å². The summed E-state index contributed by atoms with van der Waals surface area (Å²) in [5.74, 6) is 0.689. The van der Waals surface area contributed by atoms with Crippen LogP contribution >= 0.6 is 15.9 Å². The largest absolute Gasteiger partial charge is 0.313 e. The zero-order valence-electron chi connectivity index (χ0n) is 12.7. The number of hydrogen-bond donors (Lipinski definition) is 1. The normalized spacial score (nSPS) is 14.6. The first kappa shape index (κ1) is 14.8. The van der Waals surface area contributed by atoms with E-state index in [0.717, 1.165) is 17.6 Å². The van der Waals surface area contributed by atoms with Crippen molar-refractivity contribution in [2.45, 2.75) is 45.6 Å². The van der Waals surface area contributed by atoms with Gasteiger partial charge in [-0.25, -0.2) is 4.68 Å². The van der Waals surface area contributed by atoms with Crippen LogP contribution in [-0.2, 0) is 6.54 Å². The van der Waals surface area contributed by atoms with E-state index in [0.29, 0.717) is 5.92 Å².